The second-order valence-corrected chi connectivity index (χ2v) is 5.57. The van der Waals surface area contributed by atoms with Crippen molar-refractivity contribution < 1.29 is 9.53 Å². The van der Waals surface area contributed by atoms with E-state index in [1.165, 1.54) is 7.11 Å². The normalized spacial score (nSPS) is 12.5. The largest absolute Gasteiger partial charge is 0.468 e. The minimum Gasteiger partial charge on any atom is -0.468 e. The molecule has 0 aliphatic heterocycles. The Balaban J connectivity index is 2.73. The highest BCUT2D eigenvalue weighted by Crippen LogP contribution is 2.23. The molecule has 0 radical (unpaired) electrons. The van der Waals surface area contributed by atoms with E-state index in [1.54, 1.807) is 0 Å². The monoisotopic (exact) mass is 274 g/mol. The lowest BCUT2D eigenvalue weighted by Crippen LogP contribution is -2.36. The van der Waals surface area contributed by atoms with Crippen molar-refractivity contribution in [3.05, 3.63) is 35.9 Å². The van der Waals surface area contributed by atoms with E-state index >= 15 is 0 Å². The molecular weight excluding hydrogens is 252 g/mol. The highest BCUT2D eigenvalue weighted by molar-refractivity contribution is 5.77. The zero-order valence-corrected chi connectivity index (χ0v) is 12.3. The summed E-state index contributed by atoms with van der Waals surface area (Å²) in [6.45, 7) is 4.80. The van der Waals surface area contributed by atoms with Gasteiger partial charge in [0.1, 0.15) is 6.04 Å². The molecule has 1 atom stereocenters. The fraction of sp³-hybridized carbons (Fsp3) is 0.500. The van der Waals surface area contributed by atoms with Crippen LogP contribution >= 0.6 is 0 Å². The van der Waals surface area contributed by atoms with Crippen molar-refractivity contribution in [1.29, 1.82) is 5.26 Å². The van der Waals surface area contributed by atoms with Gasteiger partial charge >= 0.3 is 5.97 Å². The molecule has 1 rings (SSSR count). The number of hydrogen-bond acceptors (Lipinski definition) is 4. The molecule has 108 valence electrons. The quantitative estimate of drug-likeness (QED) is 0.777. The average Bonchev–Trinajstić information content (AvgIpc) is 2.46. The van der Waals surface area contributed by atoms with Gasteiger partial charge in [-0.3, -0.25) is 0 Å². The van der Waals surface area contributed by atoms with Crippen LogP contribution in [-0.4, -0.2) is 19.6 Å². The lowest BCUT2D eigenvalue weighted by atomic mass is 9.87. The molecule has 4 heteroatoms. The number of nitrogens with one attached hydrogen (secondary N) is 1. The molecule has 0 aliphatic rings. The summed E-state index contributed by atoms with van der Waals surface area (Å²) in [5.74, 6) is -0.299. The van der Waals surface area contributed by atoms with Crippen molar-refractivity contribution >= 4 is 5.97 Å². The number of hydrogen-bond donors (Lipinski definition) is 1. The molecule has 0 saturated carbocycles. The smallest absolute Gasteiger partial charge is 0.327 e. The van der Waals surface area contributed by atoms with Crippen LogP contribution in [0.2, 0.25) is 0 Å². The second-order valence-electron chi connectivity index (χ2n) is 5.57. The number of esters is 1. The van der Waals surface area contributed by atoms with Crippen molar-refractivity contribution in [2.24, 2.45) is 5.41 Å². The molecule has 0 fully saturated rings. The van der Waals surface area contributed by atoms with Gasteiger partial charge in [-0.15, -0.1) is 0 Å². The van der Waals surface area contributed by atoms with Crippen LogP contribution in [0.1, 0.15) is 38.3 Å². The number of carbonyl (C=O) groups excluding carboxylic acids is 1. The number of nitrogens with zero attached hydrogens (tertiary/aromatic N) is 1. The molecule has 1 unspecified atom stereocenters. The Morgan fingerprint density at radius 1 is 1.40 bits per heavy atom. The second kappa shape index (κ2) is 7.66. The Hall–Kier alpha value is -1.86. The van der Waals surface area contributed by atoms with Crippen molar-refractivity contribution in [2.45, 2.75) is 32.7 Å². The fourth-order valence-electron chi connectivity index (χ4n) is 1.96. The average molecular weight is 274 g/mol. The van der Waals surface area contributed by atoms with Crippen molar-refractivity contribution in [2.75, 3.05) is 13.7 Å². The zero-order chi connectivity index (χ0) is 15.0. The van der Waals surface area contributed by atoms with E-state index in [-0.39, 0.29) is 11.4 Å². The van der Waals surface area contributed by atoms with Gasteiger partial charge in [-0.25, -0.2) is 4.79 Å². The summed E-state index contributed by atoms with van der Waals surface area (Å²) in [6, 6.07) is 11.2. The molecule has 1 aromatic rings. The lowest BCUT2D eigenvalue weighted by molar-refractivity contribution is -0.143. The van der Waals surface area contributed by atoms with Gasteiger partial charge in [-0.1, -0.05) is 44.2 Å². The van der Waals surface area contributed by atoms with E-state index in [2.05, 4.69) is 25.2 Å². The van der Waals surface area contributed by atoms with Gasteiger partial charge in [0.15, 0.2) is 0 Å². The molecule has 0 aliphatic carbocycles. The third kappa shape index (κ3) is 5.02. The number of nitriles is 1. The van der Waals surface area contributed by atoms with Gasteiger partial charge in [0, 0.05) is 13.0 Å². The predicted molar refractivity (Wildman–Crippen MR) is 77.8 cm³/mol. The van der Waals surface area contributed by atoms with Crippen LogP contribution in [0, 0.1) is 16.7 Å². The summed E-state index contributed by atoms with van der Waals surface area (Å²) < 4.78 is 4.86. The molecule has 0 saturated heterocycles. The lowest BCUT2D eigenvalue weighted by Gasteiger charge is -2.27. The number of rotatable bonds is 7. The van der Waals surface area contributed by atoms with Crippen LogP contribution in [-0.2, 0) is 9.53 Å². The van der Waals surface area contributed by atoms with E-state index < -0.39 is 6.04 Å². The maximum atomic E-state index is 11.9. The number of methoxy groups -OCH3 is 1. The van der Waals surface area contributed by atoms with E-state index in [9.17, 15) is 4.79 Å². The topological polar surface area (TPSA) is 62.1 Å². The molecule has 20 heavy (non-hydrogen) atoms. The van der Waals surface area contributed by atoms with E-state index in [0.717, 1.165) is 12.0 Å². The van der Waals surface area contributed by atoms with Crippen LogP contribution in [0.4, 0.5) is 0 Å². The Morgan fingerprint density at radius 2 is 2.05 bits per heavy atom. The standard InChI is InChI=1S/C16H22N2O2/c1-16(2,10-7-11-17)12-18-14(15(19)20-3)13-8-5-4-6-9-13/h4-6,8-9,14,18H,7,10,12H2,1-3H3. The minimum absolute atomic E-state index is 0.0449. The number of carbonyl (C=O) groups is 1. The van der Waals surface area contributed by atoms with Gasteiger partial charge in [0.05, 0.1) is 13.2 Å². The van der Waals surface area contributed by atoms with Crippen molar-refractivity contribution in [3.63, 3.8) is 0 Å². The summed E-state index contributed by atoms with van der Waals surface area (Å²) in [6.07, 6.45) is 1.31. The van der Waals surface area contributed by atoms with Gasteiger partial charge in [-0.2, -0.15) is 5.26 Å². The van der Waals surface area contributed by atoms with Crippen LogP contribution in [0.15, 0.2) is 30.3 Å². The van der Waals surface area contributed by atoms with Gasteiger partial charge in [0.25, 0.3) is 0 Å². The van der Waals surface area contributed by atoms with E-state index in [4.69, 9.17) is 10.00 Å². The molecule has 1 aromatic carbocycles. The van der Waals surface area contributed by atoms with Crippen molar-refractivity contribution in [1.82, 2.24) is 5.32 Å². The molecule has 0 aromatic heterocycles. The highest BCUT2D eigenvalue weighted by Gasteiger charge is 2.25. The Labute approximate surface area is 120 Å². The number of ether oxygens (including phenoxy) is 1. The third-order valence-corrected chi connectivity index (χ3v) is 3.27. The molecule has 0 bridgehead atoms. The molecule has 1 N–H and O–H groups in total. The maximum Gasteiger partial charge on any atom is 0.327 e. The van der Waals surface area contributed by atoms with Gasteiger partial charge < -0.3 is 10.1 Å². The Bertz CT molecular complexity index is 463. The first kappa shape index (κ1) is 16.2. The van der Waals surface area contributed by atoms with Crippen molar-refractivity contribution in [3.8, 4) is 6.07 Å². The Kier molecular flexibility index (Phi) is 6.20. The summed E-state index contributed by atoms with van der Waals surface area (Å²) in [5, 5.41) is 11.9. The summed E-state index contributed by atoms with van der Waals surface area (Å²) in [4.78, 5) is 11.9. The molecule has 0 amide bonds. The molecule has 0 spiro atoms. The third-order valence-electron chi connectivity index (χ3n) is 3.27. The van der Waals surface area contributed by atoms with Crippen LogP contribution in [0.5, 0.6) is 0 Å². The summed E-state index contributed by atoms with van der Waals surface area (Å²) in [5.41, 5.74) is 0.840. The maximum absolute atomic E-state index is 11.9. The van der Waals surface area contributed by atoms with Gasteiger partial charge in [-0.05, 0) is 17.4 Å². The molecular formula is C16H22N2O2. The van der Waals surface area contributed by atoms with Crippen LogP contribution < -0.4 is 5.32 Å². The first-order valence-corrected chi connectivity index (χ1v) is 6.73. The summed E-state index contributed by atoms with van der Waals surface area (Å²) in [7, 11) is 1.39. The first-order chi connectivity index (χ1) is 9.50. The van der Waals surface area contributed by atoms with Crippen LogP contribution in [0.25, 0.3) is 0 Å². The molecule has 0 heterocycles. The first-order valence-electron chi connectivity index (χ1n) is 6.73. The van der Waals surface area contributed by atoms with E-state index in [1.807, 2.05) is 30.3 Å². The summed E-state index contributed by atoms with van der Waals surface area (Å²) >= 11 is 0. The fourth-order valence-corrected chi connectivity index (χ4v) is 1.96. The predicted octanol–water partition coefficient (Wildman–Crippen LogP) is 2.82. The zero-order valence-electron chi connectivity index (χ0n) is 12.3. The number of benzene rings is 1. The van der Waals surface area contributed by atoms with Crippen LogP contribution in [0.3, 0.4) is 0 Å². The SMILES string of the molecule is COC(=O)C(NCC(C)(C)CCC#N)c1ccccc1. The van der Waals surface area contributed by atoms with Gasteiger partial charge in [0.2, 0.25) is 0 Å². The Morgan fingerprint density at radius 3 is 2.60 bits per heavy atom. The minimum atomic E-state index is -0.470. The van der Waals surface area contributed by atoms with E-state index in [0.29, 0.717) is 13.0 Å². The highest BCUT2D eigenvalue weighted by atomic mass is 16.5. The molecule has 4 nitrogen and oxygen atoms in total.